The van der Waals surface area contributed by atoms with Gasteiger partial charge in [-0.25, -0.2) is 4.79 Å². The van der Waals surface area contributed by atoms with Crippen LogP contribution in [0.4, 0.5) is 0 Å². The van der Waals surface area contributed by atoms with Crippen molar-refractivity contribution in [2.45, 2.75) is 19.9 Å². The molecule has 1 heterocycles. The quantitative estimate of drug-likeness (QED) is 0.639. The van der Waals surface area contributed by atoms with Gasteiger partial charge in [0.05, 0.1) is 0 Å². The SMILES string of the molecule is CCc1cc(=O)oc2cc(OCC(=O)N(C)Cc3ccccc3)ccc12. The molecule has 3 rings (SSSR count). The number of nitrogens with zero attached hydrogens (tertiary/aromatic N) is 1. The van der Waals surface area contributed by atoms with Gasteiger partial charge in [0.15, 0.2) is 6.61 Å². The maximum absolute atomic E-state index is 12.3. The number of fused-ring (bicyclic) bond motifs is 1. The van der Waals surface area contributed by atoms with Crippen molar-refractivity contribution < 1.29 is 13.9 Å². The van der Waals surface area contributed by atoms with E-state index < -0.39 is 0 Å². The summed E-state index contributed by atoms with van der Waals surface area (Å²) in [7, 11) is 1.74. The summed E-state index contributed by atoms with van der Waals surface area (Å²) in [6, 6.07) is 16.6. The molecule has 2 aromatic carbocycles. The number of hydrogen-bond donors (Lipinski definition) is 0. The molecule has 26 heavy (non-hydrogen) atoms. The Hall–Kier alpha value is -3.08. The summed E-state index contributed by atoms with van der Waals surface area (Å²) in [6.45, 7) is 2.43. The van der Waals surface area contributed by atoms with E-state index in [2.05, 4.69) is 0 Å². The highest BCUT2D eigenvalue weighted by molar-refractivity contribution is 5.82. The fraction of sp³-hybridized carbons (Fsp3) is 0.238. The van der Waals surface area contributed by atoms with Crippen LogP contribution in [-0.2, 0) is 17.8 Å². The van der Waals surface area contributed by atoms with Gasteiger partial charge in [0.2, 0.25) is 0 Å². The van der Waals surface area contributed by atoms with Crippen LogP contribution in [0.5, 0.6) is 5.75 Å². The molecule has 0 unspecified atom stereocenters. The van der Waals surface area contributed by atoms with E-state index >= 15 is 0 Å². The van der Waals surface area contributed by atoms with Gasteiger partial charge in [0, 0.05) is 31.1 Å². The van der Waals surface area contributed by atoms with Gasteiger partial charge in [-0.3, -0.25) is 4.79 Å². The minimum Gasteiger partial charge on any atom is -0.484 e. The number of aryl methyl sites for hydroxylation is 1. The lowest BCUT2D eigenvalue weighted by Crippen LogP contribution is -2.30. The summed E-state index contributed by atoms with van der Waals surface area (Å²) in [5.41, 5.74) is 2.08. The predicted molar refractivity (Wildman–Crippen MR) is 100 cm³/mol. The Bertz CT molecular complexity index is 963. The normalized spacial score (nSPS) is 10.7. The summed E-state index contributed by atoms with van der Waals surface area (Å²) < 4.78 is 10.8. The van der Waals surface area contributed by atoms with Crippen molar-refractivity contribution in [1.82, 2.24) is 4.90 Å². The molecule has 5 nitrogen and oxygen atoms in total. The molecule has 0 saturated carbocycles. The van der Waals surface area contributed by atoms with Crippen molar-refractivity contribution >= 4 is 16.9 Å². The molecule has 0 saturated heterocycles. The molecule has 0 N–H and O–H groups in total. The number of hydrogen-bond acceptors (Lipinski definition) is 4. The largest absolute Gasteiger partial charge is 0.484 e. The van der Waals surface area contributed by atoms with Crippen LogP contribution in [0, 0.1) is 0 Å². The van der Waals surface area contributed by atoms with Gasteiger partial charge >= 0.3 is 5.63 Å². The third-order valence-corrected chi connectivity index (χ3v) is 4.23. The highest BCUT2D eigenvalue weighted by atomic mass is 16.5. The lowest BCUT2D eigenvalue weighted by molar-refractivity contribution is -0.132. The van der Waals surface area contributed by atoms with Crippen molar-refractivity contribution in [2.24, 2.45) is 0 Å². The number of likely N-dealkylation sites (N-methyl/N-ethyl adjacent to an activating group) is 1. The number of ether oxygens (including phenoxy) is 1. The molecule has 0 aliphatic carbocycles. The Labute approximate surface area is 151 Å². The fourth-order valence-corrected chi connectivity index (χ4v) is 2.79. The lowest BCUT2D eigenvalue weighted by Gasteiger charge is -2.17. The summed E-state index contributed by atoms with van der Waals surface area (Å²) in [5, 5.41) is 0.881. The first-order chi connectivity index (χ1) is 12.6. The molecule has 3 aromatic rings. The first kappa shape index (κ1) is 17.7. The molecule has 0 spiro atoms. The third-order valence-electron chi connectivity index (χ3n) is 4.23. The van der Waals surface area contributed by atoms with Gasteiger partial charge in [-0.1, -0.05) is 37.3 Å². The van der Waals surface area contributed by atoms with Crippen LogP contribution in [0.3, 0.4) is 0 Å². The van der Waals surface area contributed by atoms with Gasteiger partial charge in [0.1, 0.15) is 11.3 Å². The monoisotopic (exact) mass is 351 g/mol. The Kier molecular flexibility index (Phi) is 5.37. The van der Waals surface area contributed by atoms with Crippen molar-refractivity contribution in [3.8, 4) is 5.75 Å². The fourth-order valence-electron chi connectivity index (χ4n) is 2.79. The molecule has 0 fully saturated rings. The minimum absolute atomic E-state index is 0.0768. The maximum atomic E-state index is 12.3. The van der Waals surface area contributed by atoms with E-state index in [1.165, 1.54) is 6.07 Å². The van der Waals surface area contributed by atoms with E-state index in [1.807, 2.05) is 43.3 Å². The average molecular weight is 351 g/mol. The molecule has 0 aliphatic heterocycles. The Morgan fingerprint density at radius 3 is 2.62 bits per heavy atom. The van der Waals surface area contributed by atoms with Crippen LogP contribution in [0.1, 0.15) is 18.1 Å². The van der Waals surface area contributed by atoms with Crippen molar-refractivity contribution in [1.29, 1.82) is 0 Å². The van der Waals surface area contributed by atoms with E-state index in [0.29, 0.717) is 17.9 Å². The van der Waals surface area contributed by atoms with E-state index in [9.17, 15) is 9.59 Å². The molecular formula is C21H21NO4. The Morgan fingerprint density at radius 1 is 1.12 bits per heavy atom. The van der Waals surface area contributed by atoms with Crippen LogP contribution in [0.25, 0.3) is 11.0 Å². The van der Waals surface area contributed by atoms with Crippen molar-refractivity contribution in [3.63, 3.8) is 0 Å². The second-order valence-corrected chi connectivity index (χ2v) is 6.13. The summed E-state index contributed by atoms with van der Waals surface area (Å²) in [6.07, 6.45) is 0.741. The summed E-state index contributed by atoms with van der Waals surface area (Å²) in [4.78, 5) is 25.5. The summed E-state index contributed by atoms with van der Waals surface area (Å²) in [5.74, 6) is 0.369. The topological polar surface area (TPSA) is 59.8 Å². The first-order valence-corrected chi connectivity index (χ1v) is 8.54. The molecular weight excluding hydrogens is 330 g/mol. The standard InChI is InChI=1S/C21H21NO4/c1-3-16-11-21(24)26-19-12-17(9-10-18(16)19)25-14-20(23)22(2)13-15-7-5-4-6-8-15/h4-12H,3,13-14H2,1-2H3. The smallest absolute Gasteiger partial charge is 0.336 e. The zero-order valence-electron chi connectivity index (χ0n) is 14.9. The Morgan fingerprint density at radius 2 is 1.88 bits per heavy atom. The van der Waals surface area contributed by atoms with Gasteiger partial charge in [-0.05, 0) is 29.7 Å². The second kappa shape index (κ2) is 7.87. The van der Waals surface area contributed by atoms with Gasteiger partial charge in [0.25, 0.3) is 5.91 Å². The third kappa shape index (κ3) is 4.11. The zero-order valence-corrected chi connectivity index (χ0v) is 14.9. The minimum atomic E-state index is -0.384. The van der Waals surface area contributed by atoms with Crippen molar-refractivity contribution in [3.05, 3.63) is 76.1 Å². The van der Waals surface area contributed by atoms with Gasteiger partial charge in [-0.15, -0.1) is 0 Å². The molecule has 1 amide bonds. The number of amides is 1. The van der Waals surface area contributed by atoms with E-state index in [-0.39, 0.29) is 18.1 Å². The number of benzene rings is 2. The summed E-state index contributed by atoms with van der Waals surface area (Å²) >= 11 is 0. The lowest BCUT2D eigenvalue weighted by atomic mass is 10.1. The van der Waals surface area contributed by atoms with Crippen molar-refractivity contribution in [2.75, 3.05) is 13.7 Å². The number of rotatable bonds is 6. The molecule has 1 aromatic heterocycles. The Balaban J connectivity index is 1.67. The first-order valence-electron chi connectivity index (χ1n) is 8.54. The molecule has 0 radical (unpaired) electrons. The zero-order chi connectivity index (χ0) is 18.5. The van der Waals surface area contributed by atoms with Crippen LogP contribution < -0.4 is 10.4 Å². The molecule has 0 aliphatic rings. The molecule has 0 atom stereocenters. The van der Waals surface area contributed by atoms with Crippen LogP contribution in [0.15, 0.2) is 63.8 Å². The maximum Gasteiger partial charge on any atom is 0.336 e. The number of carbonyl (C=O) groups excluding carboxylic acids is 1. The van der Waals surface area contributed by atoms with E-state index in [4.69, 9.17) is 9.15 Å². The van der Waals surface area contributed by atoms with Gasteiger partial charge < -0.3 is 14.1 Å². The molecule has 134 valence electrons. The predicted octanol–water partition coefficient (Wildman–Crippen LogP) is 3.39. The highest BCUT2D eigenvalue weighted by Crippen LogP contribution is 2.23. The molecule has 5 heteroatoms. The average Bonchev–Trinajstić information content (AvgIpc) is 2.65. The molecule has 0 bridgehead atoms. The highest BCUT2D eigenvalue weighted by Gasteiger charge is 2.11. The van der Waals surface area contributed by atoms with E-state index in [0.717, 1.165) is 22.9 Å². The van der Waals surface area contributed by atoms with Crippen LogP contribution in [0.2, 0.25) is 0 Å². The number of carbonyl (C=O) groups is 1. The van der Waals surface area contributed by atoms with Gasteiger partial charge in [-0.2, -0.15) is 0 Å². The van der Waals surface area contributed by atoms with Crippen LogP contribution >= 0.6 is 0 Å². The van der Waals surface area contributed by atoms with Crippen LogP contribution in [-0.4, -0.2) is 24.5 Å². The second-order valence-electron chi connectivity index (χ2n) is 6.13. The van der Waals surface area contributed by atoms with E-state index in [1.54, 1.807) is 24.1 Å².